The van der Waals surface area contributed by atoms with Crippen LogP contribution in [0.4, 0.5) is 0 Å². The lowest BCUT2D eigenvalue weighted by Gasteiger charge is -2.26. The molecule has 0 unspecified atom stereocenters. The molecule has 0 saturated carbocycles. The van der Waals surface area contributed by atoms with E-state index in [9.17, 15) is 4.79 Å². The van der Waals surface area contributed by atoms with Crippen LogP contribution in [0.1, 0.15) is 23.5 Å². The van der Waals surface area contributed by atoms with E-state index in [1.807, 2.05) is 6.92 Å². The highest BCUT2D eigenvalue weighted by atomic mass is 16.2. The summed E-state index contributed by atoms with van der Waals surface area (Å²) in [6.07, 6.45) is 1.68. The predicted octanol–water partition coefficient (Wildman–Crippen LogP) is -0.272. The van der Waals surface area contributed by atoms with Crippen LogP contribution in [0.25, 0.3) is 0 Å². The van der Waals surface area contributed by atoms with Crippen molar-refractivity contribution in [2.45, 2.75) is 13.0 Å². The number of carbonyl (C=O) groups excluding carboxylic acids is 1. The summed E-state index contributed by atoms with van der Waals surface area (Å²) in [5.41, 5.74) is 1.26. The lowest BCUT2D eigenvalue weighted by molar-refractivity contribution is 0.0952. The predicted molar refractivity (Wildman–Crippen MR) is 59.1 cm³/mol. The van der Waals surface area contributed by atoms with Crippen LogP contribution in [-0.4, -0.2) is 40.5 Å². The Morgan fingerprint density at radius 2 is 2.50 bits per heavy atom. The molecule has 0 aromatic carbocycles. The van der Waals surface area contributed by atoms with Gasteiger partial charge in [-0.1, -0.05) is 17.4 Å². The molecule has 6 nitrogen and oxygen atoms in total. The molecule has 0 spiro atoms. The molecule has 0 bridgehead atoms. The number of hydrogen-bond acceptors (Lipinski definition) is 4. The van der Waals surface area contributed by atoms with Gasteiger partial charge in [-0.3, -0.25) is 4.79 Å². The molecule has 1 aliphatic heterocycles. The lowest BCUT2D eigenvalue weighted by atomic mass is 10.2. The molecule has 1 aromatic heterocycles. The standard InChI is InChI=1S/C10H15N5O/c1-7(2)3-12-10(16)9-6-15(14-13-9)8-4-11-5-8/h6,8,11H,1,3-5H2,2H3,(H,12,16). The summed E-state index contributed by atoms with van der Waals surface area (Å²) in [6.45, 7) is 7.81. The Bertz CT molecular complexity index is 407. The topological polar surface area (TPSA) is 71.8 Å². The summed E-state index contributed by atoms with van der Waals surface area (Å²) in [5, 5.41) is 13.6. The molecule has 1 fully saturated rings. The fraction of sp³-hybridized carbons (Fsp3) is 0.500. The van der Waals surface area contributed by atoms with E-state index in [0.717, 1.165) is 18.7 Å². The van der Waals surface area contributed by atoms with Crippen molar-refractivity contribution < 1.29 is 4.79 Å². The van der Waals surface area contributed by atoms with Crippen molar-refractivity contribution in [3.8, 4) is 0 Å². The van der Waals surface area contributed by atoms with Crippen LogP contribution in [0.5, 0.6) is 0 Å². The molecular formula is C10H15N5O. The van der Waals surface area contributed by atoms with Gasteiger partial charge in [-0.25, -0.2) is 4.68 Å². The summed E-state index contributed by atoms with van der Waals surface area (Å²) in [7, 11) is 0. The SMILES string of the molecule is C=C(C)CNC(=O)c1cn(C2CNC2)nn1. The minimum absolute atomic E-state index is 0.207. The molecule has 1 saturated heterocycles. The maximum Gasteiger partial charge on any atom is 0.273 e. The first-order valence-electron chi connectivity index (χ1n) is 5.22. The second-order valence-corrected chi connectivity index (χ2v) is 4.04. The number of amides is 1. The Morgan fingerprint density at radius 1 is 1.75 bits per heavy atom. The minimum Gasteiger partial charge on any atom is -0.347 e. The maximum absolute atomic E-state index is 11.6. The fourth-order valence-corrected chi connectivity index (χ4v) is 1.34. The fourth-order valence-electron chi connectivity index (χ4n) is 1.34. The van der Waals surface area contributed by atoms with E-state index >= 15 is 0 Å². The van der Waals surface area contributed by atoms with Crippen LogP contribution in [0, 0.1) is 0 Å². The van der Waals surface area contributed by atoms with Gasteiger partial charge in [-0.15, -0.1) is 5.10 Å². The molecule has 86 valence electrons. The molecule has 1 aromatic rings. The van der Waals surface area contributed by atoms with Crippen molar-refractivity contribution in [1.82, 2.24) is 25.6 Å². The first kappa shape index (κ1) is 10.8. The zero-order chi connectivity index (χ0) is 11.5. The number of hydrogen-bond donors (Lipinski definition) is 2. The van der Waals surface area contributed by atoms with Gasteiger partial charge in [-0.2, -0.15) is 0 Å². The number of nitrogens with zero attached hydrogens (tertiary/aromatic N) is 3. The minimum atomic E-state index is -0.207. The highest BCUT2D eigenvalue weighted by Gasteiger charge is 2.21. The monoisotopic (exact) mass is 221 g/mol. The van der Waals surface area contributed by atoms with Crippen LogP contribution >= 0.6 is 0 Å². The van der Waals surface area contributed by atoms with Crippen molar-refractivity contribution in [2.24, 2.45) is 0 Å². The van der Waals surface area contributed by atoms with Crippen LogP contribution < -0.4 is 10.6 Å². The van der Waals surface area contributed by atoms with Gasteiger partial charge >= 0.3 is 0 Å². The van der Waals surface area contributed by atoms with E-state index in [-0.39, 0.29) is 5.91 Å². The first-order valence-corrected chi connectivity index (χ1v) is 5.22. The van der Waals surface area contributed by atoms with E-state index in [4.69, 9.17) is 0 Å². The highest BCUT2D eigenvalue weighted by molar-refractivity contribution is 5.91. The van der Waals surface area contributed by atoms with Crippen LogP contribution in [-0.2, 0) is 0 Å². The summed E-state index contributed by atoms with van der Waals surface area (Å²) in [5.74, 6) is -0.207. The van der Waals surface area contributed by atoms with Gasteiger partial charge < -0.3 is 10.6 Å². The van der Waals surface area contributed by atoms with E-state index in [2.05, 4.69) is 27.5 Å². The van der Waals surface area contributed by atoms with E-state index in [1.54, 1.807) is 10.9 Å². The molecule has 1 amide bonds. The van der Waals surface area contributed by atoms with E-state index in [1.165, 1.54) is 0 Å². The Morgan fingerprint density at radius 3 is 3.06 bits per heavy atom. The highest BCUT2D eigenvalue weighted by Crippen LogP contribution is 2.09. The smallest absolute Gasteiger partial charge is 0.273 e. The zero-order valence-corrected chi connectivity index (χ0v) is 9.23. The molecule has 0 radical (unpaired) electrons. The summed E-state index contributed by atoms with van der Waals surface area (Å²) < 4.78 is 1.73. The van der Waals surface area contributed by atoms with Gasteiger partial charge in [0.05, 0.1) is 12.2 Å². The van der Waals surface area contributed by atoms with Crippen molar-refractivity contribution in [1.29, 1.82) is 0 Å². The quantitative estimate of drug-likeness (QED) is 0.686. The number of aromatic nitrogens is 3. The first-order chi connectivity index (χ1) is 7.66. The van der Waals surface area contributed by atoms with E-state index < -0.39 is 0 Å². The average Bonchev–Trinajstić information content (AvgIpc) is 2.60. The average molecular weight is 221 g/mol. The largest absolute Gasteiger partial charge is 0.347 e. The number of nitrogens with one attached hydrogen (secondary N) is 2. The van der Waals surface area contributed by atoms with E-state index in [0.29, 0.717) is 18.3 Å². The Balaban J connectivity index is 1.95. The third-order valence-corrected chi connectivity index (χ3v) is 2.43. The lowest BCUT2D eigenvalue weighted by Crippen LogP contribution is -2.43. The van der Waals surface area contributed by atoms with Gasteiger partial charge in [-0.05, 0) is 6.92 Å². The molecule has 6 heteroatoms. The van der Waals surface area contributed by atoms with Crippen LogP contribution in [0.2, 0.25) is 0 Å². The molecule has 0 aliphatic carbocycles. The van der Waals surface area contributed by atoms with Gasteiger partial charge in [0.15, 0.2) is 5.69 Å². The van der Waals surface area contributed by atoms with Gasteiger partial charge in [0, 0.05) is 19.6 Å². The summed E-state index contributed by atoms with van der Waals surface area (Å²) in [6, 6.07) is 0.329. The van der Waals surface area contributed by atoms with Crippen molar-refractivity contribution >= 4 is 5.91 Å². The Labute approximate surface area is 93.7 Å². The molecular weight excluding hydrogens is 206 g/mol. The third-order valence-electron chi connectivity index (χ3n) is 2.43. The molecule has 0 atom stereocenters. The molecule has 16 heavy (non-hydrogen) atoms. The summed E-state index contributed by atoms with van der Waals surface area (Å²) >= 11 is 0. The number of rotatable bonds is 4. The Kier molecular flexibility index (Phi) is 3.00. The van der Waals surface area contributed by atoms with Crippen molar-refractivity contribution in [3.63, 3.8) is 0 Å². The van der Waals surface area contributed by atoms with Crippen LogP contribution in [0.15, 0.2) is 18.3 Å². The molecule has 2 N–H and O–H groups in total. The van der Waals surface area contributed by atoms with Gasteiger partial charge in [0.2, 0.25) is 0 Å². The maximum atomic E-state index is 11.6. The second-order valence-electron chi connectivity index (χ2n) is 4.04. The molecule has 1 aliphatic rings. The van der Waals surface area contributed by atoms with Crippen molar-refractivity contribution in [2.75, 3.05) is 19.6 Å². The molecule has 2 rings (SSSR count). The third kappa shape index (κ3) is 2.27. The zero-order valence-electron chi connectivity index (χ0n) is 9.23. The number of carbonyl (C=O) groups is 1. The van der Waals surface area contributed by atoms with Gasteiger partial charge in [0.25, 0.3) is 5.91 Å². The van der Waals surface area contributed by atoms with Crippen molar-refractivity contribution in [3.05, 3.63) is 24.0 Å². The summed E-state index contributed by atoms with van der Waals surface area (Å²) in [4.78, 5) is 11.6. The second kappa shape index (κ2) is 4.44. The molecule has 2 heterocycles. The van der Waals surface area contributed by atoms with Crippen LogP contribution in [0.3, 0.4) is 0 Å². The normalized spacial score (nSPS) is 15.6. The van der Waals surface area contributed by atoms with Gasteiger partial charge in [0.1, 0.15) is 0 Å². The Hall–Kier alpha value is -1.69.